The van der Waals surface area contributed by atoms with Crippen LogP contribution in [-0.2, 0) is 19.1 Å². The zero-order valence-corrected chi connectivity index (χ0v) is 15.3. The Bertz CT molecular complexity index is 773. The van der Waals surface area contributed by atoms with Crippen molar-refractivity contribution in [3.63, 3.8) is 0 Å². The van der Waals surface area contributed by atoms with Crippen molar-refractivity contribution in [3.8, 4) is 0 Å². The second-order valence-corrected chi connectivity index (χ2v) is 7.60. The van der Waals surface area contributed by atoms with E-state index >= 15 is 0 Å². The van der Waals surface area contributed by atoms with Gasteiger partial charge in [0.1, 0.15) is 0 Å². The number of rotatable bonds is 6. The monoisotopic (exact) mass is 372 g/mol. The van der Waals surface area contributed by atoms with Gasteiger partial charge in [-0.3, -0.25) is 14.4 Å². The number of ether oxygens (including phenoxy) is 2. The number of ketones is 1. The van der Waals surface area contributed by atoms with E-state index < -0.39 is 17.3 Å². The fraction of sp³-hybridized carbons (Fsp3) is 0.550. The number of hydrogen-bond donors (Lipinski definition) is 2. The molecule has 0 bridgehead atoms. The summed E-state index contributed by atoms with van der Waals surface area (Å²) < 4.78 is 11.0. The molecule has 4 atom stereocenters. The Morgan fingerprint density at radius 2 is 2.19 bits per heavy atom. The average Bonchev–Trinajstić information content (AvgIpc) is 3.02. The van der Waals surface area contributed by atoms with Crippen LogP contribution in [0.5, 0.6) is 0 Å². The molecule has 1 saturated carbocycles. The first-order valence-corrected chi connectivity index (χ1v) is 9.45. The number of nitrogens with one attached hydrogen (secondary N) is 2. The highest BCUT2D eigenvalue weighted by Gasteiger charge is 2.73. The summed E-state index contributed by atoms with van der Waals surface area (Å²) in [5.41, 5.74) is -0.00655. The first-order valence-electron chi connectivity index (χ1n) is 9.45. The number of anilines is 1. The van der Waals surface area contributed by atoms with Gasteiger partial charge in [0.25, 0.3) is 0 Å². The number of Topliss-reactive ketones (excluding diaryl/α,β-unsaturated/α-hetero) is 1. The molecule has 7 heteroatoms. The van der Waals surface area contributed by atoms with Crippen molar-refractivity contribution in [1.82, 2.24) is 5.32 Å². The van der Waals surface area contributed by atoms with Gasteiger partial charge in [-0.1, -0.05) is 19.1 Å². The Hall–Kier alpha value is -2.25. The molecular formula is C20H24N2O5. The molecule has 2 amide bonds. The number of benzene rings is 1. The smallest absolute Gasteiger partial charge is 0.229 e. The zero-order chi connectivity index (χ0) is 19.0. The molecule has 2 N–H and O–H groups in total. The van der Waals surface area contributed by atoms with Gasteiger partial charge in [-0.25, -0.2) is 0 Å². The van der Waals surface area contributed by atoms with Crippen LogP contribution in [0.4, 0.5) is 5.69 Å². The van der Waals surface area contributed by atoms with Crippen molar-refractivity contribution < 1.29 is 23.9 Å². The van der Waals surface area contributed by atoms with Crippen LogP contribution >= 0.6 is 0 Å². The molecular weight excluding hydrogens is 348 g/mol. The Morgan fingerprint density at radius 3 is 2.96 bits per heavy atom. The van der Waals surface area contributed by atoms with Crippen LogP contribution in [-0.4, -0.2) is 50.1 Å². The van der Waals surface area contributed by atoms with E-state index in [1.165, 1.54) is 0 Å². The molecule has 1 aliphatic carbocycles. The summed E-state index contributed by atoms with van der Waals surface area (Å²) in [5, 5.41) is 5.58. The van der Waals surface area contributed by atoms with Gasteiger partial charge < -0.3 is 20.1 Å². The molecule has 1 saturated heterocycles. The van der Waals surface area contributed by atoms with Crippen LogP contribution in [0, 0.1) is 17.3 Å². The standard InChI is InChI=1S/C20H24N2O5/c1-20-15(18(24)21-8-10-26-11-12-5-4-9-27-12)16(20)19(25)22-14-7-3-2-6-13(14)17(20)23/h2-3,6-7,12,15-16H,4-5,8-11H2,1H3,(H,21,24)(H,22,25)/t12-,15+,16+,20-/m1/s1. The normalized spacial score (nSPS) is 31.5. The molecule has 2 aliphatic heterocycles. The van der Waals surface area contributed by atoms with Gasteiger partial charge in [0.05, 0.1) is 42.3 Å². The second-order valence-electron chi connectivity index (χ2n) is 7.60. The topological polar surface area (TPSA) is 93.7 Å². The molecule has 0 unspecified atom stereocenters. The minimum absolute atomic E-state index is 0.149. The molecule has 1 aromatic carbocycles. The molecule has 0 spiro atoms. The number of para-hydroxylation sites is 1. The van der Waals surface area contributed by atoms with E-state index in [0.717, 1.165) is 19.4 Å². The number of fused-ring (bicyclic) bond motifs is 2. The SMILES string of the molecule is C[C@]12C(=O)c3ccccc3NC(=O)[C@@H]1[C@H]2C(=O)NCCOC[C@H]1CCCO1. The van der Waals surface area contributed by atoms with Crippen LogP contribution in [0.25, 0.3) is 0 Å². The molecule has 0 aromatic heterocycles. The van der Waals surface area contributed by atoms with Gasteiger partial charge in [-0.15, -0.1) is 0 Å². The van der Waals surface area contributed by atoms with Crippen molar-refractivity contribution in [1.29, 1.82) is 0 Å². The summed E-state index contributed by atoms with van der Waals surface area (Å²) in [6, 6.07) is 6.93. The fourth-order valence-electron chi connectivity index (χ4n) is 4.28. The Kier molecular flexibility index (Phi) is 4.74. The Balaban J connectivity index is 1.34. The van der Waals surface area contributed by atoms with E-state index in [1.54, 1.807) is 31.2 Å². The number of carbonyl (C=O) groups excluding carboxylic acids is 3. The van der Waals surface area contributed by atoms with Crippen LogP contribution in [0.3, 0.4) is 0 Å². The van der Waals surface area contributed by atoms with Gasteiger partial charge in [0.15, 0.2) is 5.78 Å². The zero-order valence-electron chi connectivity index (χ0n) is 15.3. The van der Waals surface area contributed by atoms with Crippen LogP contribution in [0.2, 0.25) is 0 Å². The number of hydrogen-bond acceptors (Lipinski definition) is 5. The highest BCUT2D eigenvalue weighted by Crippen LogP contribution is 2.62. The fourth-order valence-corrected chi connectivity index (χ4v) is 4.28. The molecule has 2 heterocycles. The molecule has 3 aliphatic rings. The van der Waals surface area contributed by atoms with Gasteiger partial charge in [-0.05, 0) is 25.0 Å². The van der Waals surface area contributed by atoms with Gasteiger partial charge in [-0.2, -0.15) is 0 Å². The van der Waals surface area contributed by atoms with E-state index in [-0.39, 0.29) is 23.7 Å². The minimum Gasteiger partial charge on any atom is -0.377 e. The molecule has 1 aromatic rings. The first-order chi connectivity index (χ1) is 13.0. The molecule has 0 radical (unpaired) electrons. The van der Waals surface area contributed by atoms with Crippen LogP contribution < -0.4 is 10.6 Å². The van der Waals surface area contributed by atoms with E-state index in [4.69, 9.17) is 9.47 Å². The lowest BCUT2D eigenvalue weighted by atomic mass is 9.92. The highest BCUT2D eigenvalue weighted by molar-refractivity contribution is 6.19. The first kappa shape index (κ1) is 18.1. The van der Waals surface area contributed by atoms with E-state index in [2.05, 4.69) is 10.6 Å². The summed E-state index contributed by atoms with van der Waals surface area (Å²) >= 11 is 0. The van der Waals surface area contributed by atoms with Crippen molar-refractivity contribution >= 4 is 23.3 Å². The minimum atomic E-state index is -0.987. The molecule has 2 fully saturated rings. The molecule has 4 rings (SSSR count). The highest BCUT2D eigenvalue weighted by atomic mass is 16.5. The predicted octanol–water partition coefficient (Wildman–Crippen LogP) is 1.39. The van der Waals surface area contributed by atoms with Crippen LogP contribution in [0.15, 0.2) is 24.3 Å². The summed E-state index contributed by atoms with van der Waals surface area (Å²) in [5.74, 6) is -1.98. The van der Waals surface area contributed by atoms with Gasteiger partial charge in [0.2, 0.25) is 11.8 Å². The third kappa shape index (κ3) is 3.15. The molecule has 7 nitrogen and oxygen atoms in total. The summed E-state index contributed by atoms with van der Waals surface area (Å²) in [4.78, 5) is 38.1. The average molecular weight is 372 g/mol. The lowest BCUT2D eigenvalue weighted by molar-refractivity contribution is -0.125. The van der Waals surface area contributed by atoms with Crippen molar-refractivity contribution in [2.75, 3.05) is 31.7 Å². The summed E-state index contributed by atoms with van der Waals surface area (Å²) in [6.07, 6.45) is 2.22. The third-order valence-corrected chi connectivity index (χ3v) is 5.87. The van der Waals surface area contributed by atoms with Crippen molar-refractivity contribution in [2.45, 2.75) is 25.9 Å². The lowest BCUT2D eigenvalue weighted by Crippen LogP contribution is -2.32. The Morgan fingerprint density at radius 1 is 1.37 bits per heavy atom. The maximum absolute atomic E-state index is 13.0. The predicted molar refractivity (Wildman–Crippen MR) is 97.3 cm³/mol. The molecule has 27 heavy (non-hydrogen) atoms. The van der Waals surface area contributed by atoms with Gasteiger partial charge >= 0.3 is 0 Å². The molecule has 144 valence electrons. The van der Waals surface area contributed by atoms with E-state index in [9.17, 15) is 14.4 Å². The van der Waals surface area contributed by atoms with E-state index in [0.29, 0.717) is 31.0 Å². The largest absolute Gasteiger partial charge is 0.377 e. The van der Waals surface area contributed by atoms with Crippen molar-refractivity contribution in [2.24, 2.45) is 17.3 Å². The second kappa shape index (κ2) is 7.05. The summed E-state index contributed by atoms with van der Waals surface area (Å²) in [7, 11) is 0. The number of carbonyl (C=O) groups is 3. The Labute approximate surface area is 157 Å². The maximum atomic E-state index is 13.0. The summed E-state index contributed by atoms with van der Waals surface area (Å²) in [6.45, 7) is 3.74. The lowest BCUT2D eigenvalue weighted by Gasteiger charge is -2.13. The van der Waals surface area contributed by atoms with E-state index in [1.807, 2.05) is 0 Å². The van der Waals surface area contributed by atoms with Crippen LogP contribution in [0.1, 0.15) is 30.1 Å². The quantitative estimate of drug-likeness (QED) is 0.736. The third-order valence-electron chi connectivity index (χ3n) is 5.87. The van der Waals surface area contributed by atoms with Gasteiger partial charge in [0, 0.05) is 18.7 Å². The number of amides is 2. The maximum Gasteiger partial charge on any atom is 0.229 e. The van der Waals surface area contributed by atoms with Crippen molar-refractivity contribution in [3.05, 3.63) is 29.8 Å².